The molecule has 0 radical (unpaired) electrons. The highest BCUT2D eigenvalue weighted by Crippen LogP contribution is 2.30. The highest BCUT2D eigenvalue weighted by atomic mass is 16.5. The van der Waals surface area contributed by atoms with Crippen LogP contribution in [0.5, 0.6) is 11.5 Å². The van der Waals surface area contributed by atoms with Gasteiger partial charge in [0.15, 0.2) is 11.5 Å². The van der Waals surface area contributed by atoms with Crippen molar-refractivity contribution in [2.45, 2.75) is 6.42 Å². The van der Waals surface area contributed by atoms with E-state index in [2.05, 4.69) is 5.10 Å². The van der Waals surface area contributed by atoms with E-state index in [0.717, 1.165) is 11.3 Å². The molecule has 0 N–H and O–H groups in total. The number of para-hydroxylation sites is 1. The number of benzene rings is 1. The number of aryl methyl sites for hydroxylation is 1. The molecule has 1 aromatic carbocycles. The van der Waals surface area contributed by atoms with Crippen LogP contribution >= 0.6 is 0 Å². The molecule has 1 unspecified atom stereocenters. The van der Waals surface area contributed by atoms with Gasteiger partial charge in [-0.05, 0) is 18.1 Å². The van der Waals surface area contributed by atoms with Crippen molar-refractivity contribution in [3.8, 4) is 11.5 Å². The van der Waals surface area contributed by atoms with Crippen LogP contribution in [-0.2, 0) is 13.5 Å². The predicted octanol–water partition coefficient (Wildman–Crippen LogP) is 1.86. The van der Waals surface area contributed by atoms with Crippen LogP contribution in [0.25, 0.3) is 0 Å². The van der Waals surface area contributed by atoms with E-state index in [4.69, 9.17) is 9.47 Å². The number of hydrogen-bond donors (Lipinski definition) is 0. The summed E-state index contributed by atoms with van der Waals surface area (Å²) in [5.74, 6) is 1.19. The van der Waals surface area contributed by atoms with E-state index < -0.39 is 0 Å². The number of rotatable bonds is 3. The van der Waals surface area contributed by atoms with Crippen LogP contribution in [0.1, 0.15) is 16.1 Å². The lowest BCUT2D eigenvalue weighted by atomic mass is 9.91. The predicted molar refractivity (Wildman–Crippen MR) is 73.2 cm³/mol. The number of Topliss-reactive ketones (excluding diaryl/α,β-unsaturated/α-hetero) is 1. The molecule has 1 aromatic heterocycles. The highest BCUT2D eigenvalue weighted by Gasteiger charge is 2.30. The minimum absolute atomic E-state index is 0.0105. The normalized spacial score (nSPS) is 17.2. The summed E-state index contributed by atoms with van der Waals surface area (Å²) in [5, 5.41) is 4.08. The first-order valence-electron chi connectivity index (χ1n) is 6.51. The Bertz CT molecular complexity index is 648. The zero-order valence-corrected chi connectivity index (χ0v) is 11.5. The van der Waals surface area contributed by atoms with E-state index in [9.17, 15) is 4.79 Å². The monoisotopic (exact) mass is 272 g/mol. The topological polar surface area (TPSA) is 53.4 Å². The zero-order valence-electron chi connectivity index (χ0n) is 11.5. The molecular formula is C15H16N2O3. The molecule has 1 atom stereocenters. The van der Waals surface area contributed by atoms with Crippen molar-refractivity contribution in [2.24, 2.45) is 13.0 Å². The number of fused-ring (bicyclic) bond motifs is 1. The lowest BCUT2D eigenvalue weighted by Gasteiger charge is -2.24. The molecule has 0 bridgehead atoms. The Morgan fingerprint density at radius 2 is 2.25 bits per heavy atom. The number of hydrogen-bond acceptors (Lipinski definition) is 4. The van der Waals surface area contributed by atoms with E-state index in [1.807, 2.05) is 24.3 Å². The largest absolute Gasteiger partial charge is 0.493 e. The minimum atomic E-state index is -0.200. The van der Waals surface area contributed by atoms with E-state index >= 15 is 0 Å². The molecule has 1 aliphatic rings. The number of nitrogens with zero attached hydrogens (tertiary/aromatic N) is 2. The third kappa shape index (κ3) is 2.05. The summed E-state index contributed by atoms with van der Waals surface area (Å²) in [6, 6.07) is 7.82. The standard InChI is InChI=1S/C15H16N2O3/c1-17-14(13(19-2)8-16-17)15(18)11-7-10-5-3-4-6-12(10)20-9-11/h3-6,8,11H,7,9H2,1-2H3. The van der Waals surface area contributed by atoms with Crippen LogP contribution in [0.2, 0.25) is 0 Å². The fourth-order valence-electron chi connectivity index (χ4n) is 2.54. The fraction of sp³-hybridized carbons (Fsp3) is 0.333. The van der Waals surface area contributed by atoms with Crippen LogP contribution in [0.15, 0.2) is 30.5 Å². The Balaban J connectivity index is 1.88. The second-order valence-electron chi connectivity index (χ2n) is 4.87. The molecule has 20 heavy (non-hydrogen) atoms. The van der Waals surface area contributed by atoms with Crippen molar-refractivity contribution >= 4 is 5.78 Å². The molecule has 0 fully saturated rings. The van der Waals surface area contributed by atoms with Gasteiger partial charge in [-0.2, -0.15) is 5.10 Å². The van der Waals surface area contributed by atoms with Crippen LogP contribution in [-0.4, -0.2) is 29.3 Å². The third-order valence-corrected chi connectivity index (χ3v) is 3.61. The summed E-state index contributed by atoms with van der Waals surface area (Å²) in [5.41, 5.74) is 1.57. The Morgan fingerprint density at radius 1 is 1.45 bits per heavy atom. The quantitative estimate of drug-likeness (QED) is 0.800. The lowest BCUT2D eigenvalue weighted by molar-refractivity contribution is 0.0842. The van der Waals surface area contributed by atoms with Crippen molar-refractivity contribution < 1.29 is 14.3 Å². The number of carbonyl (C=O) groups excluding carboxylic acids is 1. The maximum absolute atomic E-state index is 12.7. The Morgan fingerprint density at radius 3 is 3.05 bits per heavy atom. The maximum atomic E-state index is 12.7. The highest BCUT2D eigenvalue weighted by molar-refractivity contribution is 5.99. The molecule has 2 aromatic rings. The molecule has 3 rings (SSSR count). The number of ether oxygens (including phenoxy) is 2. The second-order valence-corrected chi connectivity index (χ2v) is 4.87. The van der Waals surface area contributed by atoms with Crippen molar-refractivity contribution in [3.05, 3.63) is 41.7 Å². The molecule has 1 aliphatic heterocycles. The van der Waals surface area contributed by atoms with Gasteiger partial charge in [0.1, 0.15) is 11.4 Å². The van der Waals surface area contributed by atoms with Crippen molar-refractivity contribution in [2.75, 3.05) is 13.7 Å². The molecule has 104 valence electrons. The second kappa shape index (κ2) is 5.00. The molecule has 0 spiro atoms. The van der Waals surface area contributed by atoms with Gasteiger partial charge in [-0.3, -0.25) is 9.48 Å². The van der Waals surface area contributed by atoms with E-state index in [0.29, 0.717) is 24.5 Å². The van der Waals surface area contributed by atoms with Gasteiger partial charge in [0, 0.05) is 7.05 Å². The Hall–Kier alpha value is -2.30. The van der Waals surface area contributed by atoms with Gasteiger partial charge < -0.3 is 9.47 Å². The van der Waals surface area contributed by atoms with Gasteiger partial charge in [-0.1, -0.05) is 18.2 Å². The molecule has 5 nitrogen and oxygen atoms in total. The van der Waals surface area contributed by atoms with Crippen LogP contribution < -0.4 is 9.47 Å². The van der Waals surface area contributed by atoms with Gasteiger partial charge in [0.05, 0.1) is 25.8 Å². The summed E-state index contributed by atoms with van der Waals surface area (Å²) >= 11 is 0. The van der Waals surface area contributed by atoms with Gasteiger partial charge in [0.25, 0.3) is 0 Å². The first-order chi connectivity index (χ1) is 9.70. The minimum Gasteiger partial charge on any atom is -0.493 e. The number of ketones is 1. The SMILES string of the molecule is COc1cnn(C)c1C(=O)C1COc2ccccc2C1. The average Bonchev–Trinajstić information content (AvgIpc) is 2.87. The summed E-state index contributed by atoms with van der Waals surface area (Å²) in [7, 11) is 3.29. The lowest BCUT2D eigenvalue weighted by Crippen LogP contribution is -2.29. The molecule has 0 saturated carbocycles. The molecule has 0 aliphatic carbocycles. The molecule has 2 heterocycles. The summed E-state index contributed by atoms with van der Waals surface area (Å²) in [6.45, 7) is 0.393. The van der Waals surface area contributed by atoms with Gasteiger partial charge in [0.2, 0.25) is 0 Å². The van der Waals surface area contributed by atoms with E-state index in [-0.39, 0.29) is 11.7 Å². The van der Waals surface area contributed by atoms with Gasteiger partial charge in [-0.25, -0.2) is 0 Å². The maximum Gasteiger partial charge on any atom is 0.191 e. The van der Waals surface area contributed by atoms with Gasteiger partial charge in [-0.15, -0.1) is 0 Å². The molecular weight excluding hydrogens is 256 g/mol. The van der Waals surface area contributed by atoms with E-state index in [1.54, 1.807) is 25.0 Å². The summed E-state index contributed by atoms with van der Waals surface area (Å²) in [4.78, 5) is 12.7. The summed E-state index contributed by atoms with van der Waals surface area (Å²) in [6.07, 6.45) is 2.24. The summed E-state index contributed by atoms with van der Waals surface area (Å²) < 4.78 is 12.4. The van der Waals surface area contributed by atoms with Gasteiger partial charge >= 0.3 is 0 Å². The first kappa shape index (κ1) is 12.7. The van der Waals surface area contributed by atoms with Crippen LogP contribution in [0.4, 0.5) is 0 Å². The molecule has 0 saturated heterocycles. The average molecular weight is 272 g/mol. The zero-order chi connectivity index (χ0) is 14.1. The number of carbonyl (C=O) groups is 1. The first-order valence-corrected chi connectivity index (χ1v) is 6.51. The van der Waals surface area contributed by atoms with Crippen LogP contribution in [0.3, 0.4) is 0 Å². The van der Waals surface area contributed by atoms with Crippen LogP contribution in [0, 0.1) is 5.92 Å². The third-order valence-electron chi connectivity index (χ3n) is 3.61. The Kier molecular flexibility index (Phi) is 3.18. The number of aromatic nitrogens is 2. The molecule has 5 heteroatoms. The van der Waals surface area contributed by atoms with Crippen molar-refractivity contribution in [1.82, 2.24) is 9.78 Å². The number of methoxy groups -OCH3 is 1. The fourth-order valence-corrected chi connectivity index (χ4v) is 2.54. The molecule has 0 amide bonds. The smallest absolute Gasteiger partial charge is 0.191 e. The Labute approximate surface area is 117 Å². The van der Waals surface area contributed by atoms with Crippen molar-refractivity contribution in [3.63, 3.8) is 0 Å². The van der Waals surface area contributed by atoms with Crippen molar-refractivity contribution in [1.29, 1.82) is 0 Å². The van der Waals surface area contributed by atoms with E-state index in [1.165, 1.54) is 0 Å².